The topological polar surface area (TPSA) is 92.3 Å². The molecule has 2 aliphatic rings. The number of benzene rings is 1. The molecule has 192 valence electrons. The summed E-state index contributed by atoms with van der Waals surface area (Å²) in [5.74, 6) is -0.576. The molecule has 9 nitrogen and oxygen atoms in total. The molecule has 0 saturated carbocycles. The standard InChI is InChI=1S/C26H31FN4O5/c1-4-11-35-23-8-7-18(14-28-23)36-22-9-10-31(26(22)34)17-12-19-20(21(27)13-17)15-30(25(19)33)16-24(32)29(5-2)6-3/h7-8,12-14,22H,4-6,9-11,15-16H2,1-3H3/t22-/m1/s1. The van der Waals surface area contributed by atoms with Gasteiger partial charge in [-0.2, -0.15) is 0 Å². The van der Waals surface area contributed by atoms with Crippen LogP contribution in [-0.4, -0.2) is 71.4 Å². The minimum Gasteiger partial charge on any atom is -0.479 e. The molecule has 0 aliphatic carbocycles. The molecule has 3 amide bonds. The summed E-state index contributed by atoms with van der Waals surface area (Å²) in [5, 5.41) is 0. The van der Waals surface area contributed by atoms with Gasteiger partial charge < -0.3 is 24.2 Å². The minimum absolute atomic E-state index is 0.0257. The molecule has 1 atom stereocenters. The highest BCUT2D eigenvalue weighted by molar-refractivity contribution is 6.04. The lowest BCUT2D eigenvalue weighted by Gasteiger charge is -2.22. The van der Waals surface area contributed by atoms with E-state index < -0.39 is 17.8 Å². The van der Waals surface area contributed by atoms with Gasteiger partial charge in [-0.25, -0.2) is 9.37 Å². The lowest BCUT2D eigenvalue weighted by Crippen LogP contribution is -2.40. The van der Waals surface area contributed by atoms with E-state index in [1.165, 1.54) is 28.1 Å². The van der Waals surface area contributed by atoms with Crippen LogP contribution in [0.15, 0.2) is 30.5 Å². The molecule has 0 spiro atoms. The fraction of sp³-hybridized carbons (Fsp3) is 0.462. The summed E-state index contributed by atoms with van der Waals surface area (Å²) in [6.07, 6.45) is 2.03. The Labute approximate surface area is 209 Å². The maximum Gasteiger partial charge on any atom is 0.268 e. The van der Waals surface area contributed by atoms with Crippen LogP contribution < -0.4 is 14.4 Å². The van der Waals surface area contributed by atoms with E-state index in [1.54, 1.807) is 17.0 Å². The van der Waals surface area contributed by atoms with E-state index in [0.717, 1.165) is 6.42 Å². The van der Waals surface area contributed by atoms with E-state index in [2.05, 4.69) is 4.98 Å². The van der Waals surface area contributed by atoms with Crippen LogP contribution in [0, 0.1) is 5.82 Å². The highest BCUT2D eigenvalue weighted by atomic mass is 19.1. The van der Waals surface area contributed by atoms with Gasteiger partial charge >= 0.3 is 0 Å². The molecule has 36 heavy (non-hydrogen) atoms. The van der Waals surface area contributed by atoms with Crippen molar-refractivity contribution in [3.05, 3.63) is 47.4 Å². The smallest absolute Gasteiger partial charge is 0.268 e. The predicted octanol–water partition coefficient (Wildman–Crippen LogP) is 3.02. The van der Waals surface area contributed by atoms with Crippen LogP contribution in [0.4, 0.5) is 10.1 Å². The third-order valence-electron chi connectivity index (χ3n) is 6.40. The number of amides is 3. The number of ether oxygens (including phenoxy) is 2. The number of halogens is 1. The monoisotopic (exact) mass is 498 g/mol. The molecule has 2 aliphatic heterocycles. The molecular weight excluding hydrogens is 467 g/mol. The Morgan fingerprint density at radius 3 is 2.64 bits per heavy atom. The first-order valence-electron chi connectivity index (χ1n) is 12.3. The number of anilines is 1. The third kappa shape index (κ3) is 5.12. The molecule has 1 aromatic carbocycles. The summed E-state index contributed by atoms with van der Waals surface area (Å²) in [7, 11) is 0. The van der Waals surface area contributed by atoms with Gasteiger partial charge in [0.1, 0.15) is 18.1 Å². The molecule has 0 unspecified atom stereocenters. The van der Waals surface area contributed by atoms with Crippen LogP contribution in [0.25, 0.3) is 0 Å². The summed E-state index contributed by atoms with van der Waals surface area (Å²) in [5.41, 5.74) is 0.724. The molecule has 3 heterocycles. The molecule has 0 bridgehead atoms. The van der Waals surface area contributed by atoms with Crippen LogP contribution in [0.1, 0.15) is 49.5 Å². The first kappa shape index (κ1) is 25.4. The second kappa shape index (κ2) is 10.9. The van der Waals surface area contributed by atoms with Crippen molar-refractivity contribution in [2.45, 2.75) is 46.3 Å². The molecular formula is C26H31FN4O5. The van der Waals surface area contributed by atoms with Gasteiger partial charge in [-0.15, -0.1) is 0 Å². The fourth-order valence-electron chi connectivity index (χ4n) is 4.44. The molecule has 1 fully saturated rings. The largest absolute Gasteiger partial charge is 0.479 e. The number of hydrogen-bond donors (Lipinski definition) is 0. The van der Waals surface area contributed by atoms with Crippen LogP contribution in [0.2, 0.25) is 0 Å². The maximum absolute atomic E-state index is 15.0. The van der Waals surface area contributed by atoms with Gasteiger partial charge in [-0.1, -0.05) is 6.92 Å². The average Bonchev–Trinajstić information content (AvgIpc) is 3.39. The summed E-state index contributed by atoms with van der Waals surface area (Å²) in [4.78, 5) is 47.1. The number of rotatable bonds is 10. The second-order valence-electron chi connectivity index (χ2n) is 8.75. The molecule has 4 rings (SSSR count). The van der Waals surface area contributed by atoms with Crippen molar-refractivity contribution >= 4 is 23.4 Å². The van der Waals surface area contributed by atoms with Crippen molar-refractivity contribution in [3.8, 4) is 11.6 Å². The Hall–Kier alpha value is -3.69. The Balaban J connectivity index is 1.44. The molecule has 1 aromatic heterocycles. The van der Waals surface area contributed by atoms with E-state index in [0.29, 0.717) is 50.0 Å². The van der Waals surface area contributed by atoms with Crippen molar-refractivity contribution in [3.63, 3.8) is 0 Å². The Kier molecular flexibility index (Phi) is 7.71. The predicted molar refractivity (Wildman–Crippen MR) is 130 cm³/mol. The van der Waals surface area contributed by atoms with E-state index in [1.807, 2.05) is 20.8 Å². The number of aromatic nitrogens is 1. The van der Waals surface area contributed by atoms with E-state index in [4.69, 9.17) is 9.47 Å². The number of likely N-dealkylation sites (N-methyl/N-ethyl adjacent to an activating group) is 1. The first-order valence-corrected chi connectivity index (χ1v) is 12.3. The fourth-order valence-corrected chi connectivity index (χ4v) is 4.44. The lowest BCUT2D eigenvalue weighted by atomic mass is 10.1. The number of carbonyl (C=O) groups is 3. The molecule has 0 radical (unpaired) electrons. The van der Waals surface area contributed by atoms with Gasteiger partial charge in [-0.3, -0.25) is 14.4 Å². The Bertz CT molecular complexity index is 1140. The first-order chi connectivity index (χ1) is 17.4. The number of fused-ring (bicyclic) bond motifs is 1. The maximum atomic E-state index is 15.0. The minimum atomic E-state index is -0.746. The van der Waals surface area contributed by atoms with Gasteiger partial charge in [-0.05, 0) is 38.5 Å². The zero-order valence-corrected chi connectivity index (χ0v) is 20.8. The van der Waals surface area contributed by atoms with E-state index >= 15 is 4.39 Å². The van der Waals surface area contributed by atoms with Crippen molar-refractivity contribution in [2.75, 3.05) is 37.7 Å². The number of pyridine rings is 1. The number of carbonyl (C=O) groups excluding carboxylic acids is 3. The van der Waals surface area contributed by atoms with Gasteiger partial charge in [0.05, 0.1) is 19.3 Å². The van der Waals surface area contributed by atoms with Crippen molar-refractivity contribution in [2.24, 2.45) is 0 Å². The molecule has 1 saturated heterocycles. The summed E-state index contributed by atoms with van der Waals surface area (Å²) in [6, 6.07) is 6.17. The van der Waals surface area contributed by atoms with Gasteiger partial charge in [0, 0.05) is 48.9 Å². The van der Waals surface area contributed by atoms with Gasteiger partial charge in [0.15, 0.2) is 6.10 Å². The van der Waals surface area contributed by atoms with Crippen LogP contribution in [-0.2, 0) is 16.1 Å². The van der Waals surface area contributed by atoms with E-state index in [9.17, 15) is 14.4 Å². The summed E-state index contributed by atoms with van der Waals surface area (Å²) >= 11 is 0. The van der Waals surface area contributed by atoms with Crippen molar-refractivity contribution < 1.29 is 28.2 Å². The zero-order chi connectivity index (χ0) is 25.8. The summed E-state index contributed by atoms with van der Waals surface area (Å²) < 4.78 is 26.3. The molecule has 10 heteroatoms. The molecule has 2 aromatic rings. The molecule has 0 N–H and O–H groups in total. The Morgan fingerprint density at radius 2 is 1.97 bits per heavy atom. The van der Waals surface area contributed by atoms with Crippen LogP contribution in [0.5, 0.6) is 11.6 Å². The number of hydrogen-bond acceptors (Lipinski definition) is 6. The zero-order valence-electron chi connectivity index (χ0n) is 20.8. The highest BCUT2D eigenvalue weighted by Crippen LogP contribution is 2.32. The number of nitrogens with zero attached hydrogens (tertiary/aromatic N) is 4. The normalized spacial score (nSPS) is 16.9. The second-order valence-corrected chi connectivity index (χ2v) is 8.75. The van der Waals surface area contributed by atoms with Crippen molar-refractivity contribution in [1.82, 2.24) is 14.8 Å². The van der Waals surface area contributed by atoms with Gasteiger partial charge in [0.2, 0.25) is 11.8 Å². The van der Waals surface area contributed by atoms with Crippen LogP contribution >= 0.6 is 0 Å². The lowest BCUT2D eigenvalue weighted by molar-refractivity contribution is -0.131. The average molecular weight is 499 g/mol. The highest BCUT2D eigenvalue weighted by Gasteiger charge is 2.37. The van der Waals surface area contributed by atoms with Crippen LogP contribution in [0.3, 0.4) is 0 Å². The Morgan fingerprint density at radius 1 is 1.19 bits per heavy atom. The quantitative estimate of drug-likeness (QED) is 0.500. The van der Waals surface area contributed by atoms with E-state index in [-0.39, 0.29) is 36.0 Å². The summed E-state index contributed by atoms with van der Waals surface area (Å²) in [6.45, 7) is 7.61. The van der Waals surface area contributed by atoms with Gasteiger partial charge in [0.25, 0.3) is 11.8 Å². The third-order valence-corrected chi connectivity index (χ3v) is 6.40. The van der Waals surface area contributed by atoms with Crippen molar-refractivity contribution in [1.29, 1.82) is 0 Å². The SMILES string of the molecule is CCCOc1ccc(O[C@@H]2CCN(c3cc(F)c4c(c3)C(=O)N(CC(=O)N(CC)CC)C4)C2=O)cn1.